The van der Waals surface area contributed by atoms with Gasteiger partial charge in [0.2, 0.25) is 11.8 Å². The van der Waals surface area contributed by atoms with Gasteiger partial charge in [0.15, 0.2) is 5.96 Å². The Kier molecular flexibility index (Phi) is 6.25. The number of aromatic nitrogens is 2. The van der Waals surface area contributed by atoms with Crippen LogP contribution in [0.1, 0.15) is 5.56 Å². The van der Waals surface area contributed by atoms with Crippen LogP contribution in [-0.2, 0) is 23.2 Å². The number of aryl methyl sites for hydroxylation is 1. The third kappa shape index (κ3) is 4.87. The van der Waals surface area contributed by atoms with Crippen molar-refractivity contribution in [3.8, 4) is 0 Å². The highest BCUT2D eigenvalue weighted by atomic mass is 16.2. The molecule has 1 aliphatic heterocycles. The third-order valence-corrected chi connectivity index (χ3v) is 4.47. The van der Waals surface area contributed by atoms with E-state index in [2.05, 4.69) is 20.7 Å². The lowest BCUT2D eigenvalue weighted by Crippen LogP contribution is -2.56. The third-order valence-electron chi connectivity index (χ3n) is 4.47. The molecular weight excluding hydrogens is 358 g/mol. The molecule has 1 aliphatic rings. The van der Waals surface area contributed by atoms with Gasteiger partial charge in [0.1, 0.15) is 6.54 Å². The van der Waals surface area contributed by atoms with Crippen molar-refractivity contribution >= 4 is 23.5 Å². The summed E-state index contributed by atoms with van der Waals surface area (Å²) < 4.78 is 1.67. The molecule has 0 saturated carbocycles. The van der Waals surface area contributed by atoms with Crippen molar-refractivity contribution in [2.24, 2.45) is 12.0 Å². The van der Waals surface area contributed by atoms with E-state index < -0.39 is 0 Å². The van der Waals surface area contributed by atoms with E-state index in [0.717, 1.165) is 11.3 Å². The average molecular weight is 383 g/mol. The Hall–Kier alpha value is -3.36. The van der Waals surface area contributed by atoms with Gasteiger partial charge >= 0.3 is 0 Å². The Labute approximate surface area is 164 Å². The van der Waals surface area contributed by atoms with Crippen LogP contribution in [0.2, 0.25) is 0 Å². The zero-order chi connectivity index (χ0) is 19.9. The van der Waals surface area contributed by atoms with E-state index in [0.29, 0.717) is 25.6 Å². The predicted molar refractivity (Wildman–Crippen MR) is 107 cm³/mol. The number of nitrogens with zero attached hydrogens (tertiary/aromatic N) is 5. The maximum atomic E-state index is 12.5. The zero-order valence-electron chi connectivity index (χ0n) is 16.1. The number of piperazine rings is 1. The van der Waals surface area contributed by atoms with E-state index in [-0.39, 0.29) is 24.9 Å². The van der Waals surface area contributed by atoms with Crippen LogP contribution in [0.4, 0.5) is 5.69 Å². The van der Waals surface area contributed by atoms with Crippen molar-refractivity contribution in [2.45, 2.75) is 6.54 Å². The summed E-state index contributed by atoms with van der Waals surface area (Å²) in [5.41, 5.74) is 1.83. The Morgan fingerprint density at radius 3 is 2.64 bits per heavy atom. The molecule has 148 valence electrons. The second-order valence-corrected chi connectivity index (χ2v) is 6.50. The maximum Gasteiger partial charge on any atom is 0.246 e. The van der Waals surface area contributed by atoms with Crippen molar-refractivity contribution in [2.75, 3.05) is 38.1 Å². The molecule has 2 N–H and O–H groups in total. The van der Waals surface area contributed by atoms with Crippen LogP contribution in [0.15, 0.2) is 47.7 Å². The van der Waals surface area contributed by atoms with Gasteiger partial charge in [-0.05, 0) is 5.56 Å². The molecule has 1 saturated heterocycles. The van der Waals surface area contributed by atoms with Crippen LogP contribution in [-0.4, -0.2) is 65.7 Å². The second-order valence-electron chi connectivity index (χ2n) is 6.50. The van der Waals surface area contributed by atoms with Gasteiger partial charge < -0.3 is 20.4 Å². The molecule has 0 radical (unpaired) electrons. The summed E-state index contributed by atoms with van der Waals surface area (Å²) in [7, 11) is 3.46. The number of hydrogen-bond acceptors (Lipinski definition) is 4. The van der Waals surface area contributed by atoms with Crippen LogP contribution in [0, 0.1) is 0 Å². The number of benzene rings is 1. The fourth-order valence-corrected chi connectivity index (χ4v) is 3.03. The van der Waals surface area contributed by atoms with E-state index >= 15 is 0 Å². The maximum absolute atomic E-state index is 12.5. The number of carbonyl (C=O) groups excluding carboxylic acids is 2. The molecule has 9 nitrogen and oxygen atoms in total. The van der Waals surface area contributed by atoms with Gasteiger partial charge in [-0.1, -0.05) is 30.3 Å². The van der Waals surface area contributed by atoms with Crippen molar-refractivity contribution in [3.05, 3.63) is 48.3 Å². The molecule has 2 aromatic rings. The topological polar surface area (TPSA) is 94.9 Å². The first-order valence-electron chi connectivity index (χ1n) is 9.12. The molecule has 0 aliphatic carbocycles. The Bertz CT molecular complexity index is 847. The predicted octanol–water partition coefficient (Wildman–Crippen LogP) is -0.0395. The first-order valence-corrected chi connectivity index (χ1v) is 9.12. The minimum absolute atomic E-state index is 0.0317. The van der Waals surface area contributed by atoms with Gasteiger partial charge in [0.25, 0.3) is 0 Å². The lowest BCUT2D eigenvalue weighted by molar-refractivity contribution is -0.120. The normalized spacial score (nSPS) is 14.9. The van der Waals surface area contributed by atoms with E-state index in [9.17, 15) is 9.59 Å². The highest BCUT2D eigenvalue weighted by molar-refractivity contribution is 5.98. The second kappa shape index (κ2) is 9.03. The van der Waals surface area contributed by atoms with Gasteiger partial charge in [-0.25, -0.2) is 0 Å². The van der Waals surface area contributed by atoms with Gasteiger partial charge in [0, 0.05) is 39.9 Å². The first-order chi connectivity index (χ1) is 13.6. The van der Waals surface area contributed by atoms with Crippen molar-refractivity contribution in [1.82, 2.24) is 25.3 Å². The molecule has 0 bridgehead atoms. The molecular formula is C19H25N7O2. The van der Waals surface area contributed by atoms with Crippen LogP contribution >= 0.6 is 0 Å². The number of aliphatic imine (C=N–C) groups is 1. The van der Waals surface area contributed by atoms with Gasteiger partial charge in [-0.15, -0.1) is 0 Å². The summed E-state index contributed by atoms with van der Waals surface area (Å²) >= 11 is 0. The number of rotatable bonds is 5. The Balaban J connectivity index is 1.47. The molecule has 2 heterocycles. The van der Waals surface area contributed by atoms with E-state index in [1.807, 2.05) is 48.5 Å². The first kappa shape index (κ1) is 19.4. The van der Waals surface area contributed by atoms with Gasteiger partial charge in [0.05, 0.1) is 18.4 Å². The van der Waals surface area contributed by atoms with Crippen molar-refractivity contribution < 1.29 is 9.59 Å². The van der Waals surface area contributed by atoms with E-state index in [1.54, 1.807) is 22.8 Å². The Morgan fingerprint density at radius 1 is 1.21 bits per heavy atom. The summed E-state index contributed by atoms with van der Waals surface area (Å²) in [6.45, 7) is 1.91. The zero-order valence-corrected chi connectivity index (χ0v) is 16.1. The van der Waals surface area contributed by atoms with Crippen LogP contribution in [0.25, 0.3) is 0 Å². The lowest BCUT2D eigenvalue weighted by Gasteiger charge is -2.35. The van der Waals surface area contributed by atoms with Crippen molar-refractivity contribution in [3.63, 3.8) is 0 Å². The average Bonchev–Trinajstić information content (AvgIpc) is 3.13. The molecule has 1 aromatic carbocycles. The molecule has 1 aromatic heterocycles. The van der Waals surface area contributed by atoms with Gasteiger partial charge in [-0.2, -0.15) is 5.10 Å². The SMILES string of the molecule is CN=C(NCC(=O)NCc1ccccc1)N1CCN(c2cnn(C)c2)C(=O)C1. The van der Waals surface area contributed by atoms with E-state index in [1.165, 1.54) is 0 Å². The summed E-state index contributed by atoms with van der Waals surface area (Å²) in [6, 6.07) is 9.72. The molecule has 0 unspecified atom stereocenters. The smallest absolute Gasteiger partial charge is 0.246 e. The minimum Gasteiger partial charge on any atom is -0.350 e. The van der Waals surface area contributed by atoms with E-state index in [4.69, 9.17) is 0 Å². The standard InChI is InChI=1S/C19H25N7O2/c1-20-19(22-12-17(27)21-10-15-6-4-3-5-7-15)25-8-9-26(18(28)14-25)16-11-23-24(2)13-16/h3-7,11,13H,8-10,12,14H2,1-2H3,(H,20,22)(H,21,27). The summed E-state index contributed by atoms with van der Waals surface area (Å²) in [5.74, 6) is 0.370. The van der Waals surface area contributed by atoms with Crippen LogP contribution in [0.3, 0.4) is 0 Å². The Morgan fingerprint density at radius 2 is 2.00 bits per heavy atom. The molecule has 0 spiro atoms. The monoisotopic (exact) mass is 383 g/mol. The molecule has 2 amide bonds. The lowest BCUT2D eigenvalue weighted by atomic mass is 10.2. The highest BCUT2D eigenvalue weighted by Crippen LogP contribution is 2.15. The number of guanidine groups is 1. The molecule has 9 heteroatoms. The molecule has 0 atom stereocenters. The van der Waals surface area contributed by atoms with Crippen LogP contribution in [0.5, 0.6) is 0 Å². The summed E-state index contributed by atoms with van der Waals surface area (Å²) in [5, 5.41) is 10.0. The molecule has 1 fully saturated rings. The summed E-state index contributed by atoms with van der Waals surface area (Å²) in [6.07, 6.45) is 3.50. The molecule has 28 heavy (non-hydrogen) atoms. The van der Waals surface area contributed by atoms with Gasteiger partial charge in [-0.3, -0.25) is 19.3 Å². The van der Waals surface area contributed by atoms with Crippen LogP contribution < -0.4 is 15.5 Å². The number of amides is 2. The highest BCUT2D eigenvalue weighted by Gasteiger charge is 2.27. The minimum atomic E-state index is -0.134. The number of nitrogens with one attached hydrogen (secondary N) is 2. The summed E-state index contributed by atoms with van der Waals surface area (Å²) in [4.78, 5) is 32.4. The number of hydrogen-bond donors (Lipinski definition) is 2. The quantitative estimate of drug-likeness (QED) is 0.558. The number of carbonyl (C=O) groups is 2. The largest absolute Gasteiger partial charge is 0.350 e. The molecule has 3 rings (SSSR count). The fourth-order valence-electron chi connectivity index (χ4n) is 3.03. The van der Waals surface area contributed by atoms with Crippen molar-refractivity contribution in [1.29, 1.82) is 0 Å². The fraction of sp³-hybridized carbons (Fsp3) is 0.368. The number of anilines is 1.